The quantitative estimate of drug-likeness (QED) is 0.620. The molecule has 1 N–H and O–H groups in total. The molecule has 0 aromatic heterocycles. The standard InChI is InChI=1S/C20H27N3O4/c1-6-11-20(19(26)27-5)15-14(17(24)23(4)18(15)25)16(21-20)12-7-9-13(10-8-12)22(2)3/h7-10,14-16,21H,6,11H2,1-5H3/t14-,15-,16-,20+/m1/s1. The van der Waals surface area contributed by atoms with Crippen molar-refractivity contribution in [2.24, 2.45) is 11.8 Å². The molecule has 2 saturated heterocycles. The molecule has 146 valence electrons. The first-order valence-electron chi connectivity index (χ1n) is 9.23. The maximum atomic E-state index is 12.9. The molecule has 2 aliphatic rings. The van der Waals surface area contributed by atoms with Gasteiger partial charge in [0.2, 0.25) is 11.8 Å². The van der Waals surface area contributed by atoms with Crippen molar-refractivity contribution in [2.75, 3.05) is 33.2 Å². The van der Waals surface area contributed by atoms with Crippen LogP contribution in [0.2, 0.25) is 0 Å². The van der Waals surface area contributed by atoms with Crippen LogP contribution in [-0.4, -0.2) is 56.5 Å². The van der Waals surface area contributed by atoms with Gasteiger partial charge in [-0.25, -0.2) is 0 Å². The Hall–Kier alpha value is -2.41. The van der Waals surface area contributed by atoms with Gasteiger partial charge in [0.1, 0.15) is 5.54 Å². The first kappa shape index (κ1) is 19.4. The minimum atomic E-state index is -1.18. The highest BCUT2D eigenvalue weighted by Crippen LogP contribution is 2.50. The summed E-state index contributed by atoms with van der Waals surface area (Å²) in [6, 6.07) is 7.40. The minimum Gasteiger partial charge on any atom is -0.468 e. The molecule has 2 aliphatic heterocycles. The van der Waals surface area contributed by atoms with Crippen LogP contribution in [0.25, 0.3) is 0 Å². The molecular weight excluding hydrogens is 346 g/mol. The van der Waals surface area contributed by atoms with E-state index in [2.05, 4.69) is 5.32 Å². The molecule has 0 aliphatic carbocycles. The lowest BCUT2D eigenvalue weighted by atomic mass is 9.77. The number of hydrogen-bond acceptors (Lipinski definition) is 6. The number of benzene rings is 1. The number of amides is 2. The number of ether oxygens (including phenoxy) is 1. The van der Waals surface area contributed by atoms with Gasteiger partial charge in [0.25, 0.3) is 0 Å². The van der Waals surface area contributed by atoms with Crippen molar-refractivity contribution in [3.8, 4) is 0 Å². The molecule has 27 heavy (non-hydrogen) atoms. The van der Waals surface area contributed by atoms with E-state index < -0.39 is 29.4 Å². The molecule has 0 radical (unpaired) electrons. The summed E-state index contributed by atoms with van der Waals surface area (Å²) in [7, 11) is 6.72. The summed E-state index contributed by atoms with van der Waals surface area (Å²) in [5.74, 6) is -2.41. The molecule has 4 atom stereocenters. The molecular formula is C20H27N3O4. The van der Waals surface area contributed by atoms with E-state index in [9.17, 15) is 14.4 Å². The number of fused-ring (bicyclic) bond motifs is 1. The lowest BCUT2D eigenvalue weighted by Crippen LogP contribution is -2.56. The second-order valence-electron chi connectivity index (χ2n) is 7.56. The zero-order valence-electron chi connectivity index (χ0n) is 16.5. The Labute approximate surface area is 159 Å². The van der Waals surface area contributed by atoms with Crippen molar-refractivity contribution in [1.82, 2.24) is 10.2 Å². The van der Waals surface area contributed by atoms with Gasteiger partial charge in [0.05, 0.1) is 18.9 Å². The minimum absolute atomic E-state index is 0.249. The Morgan fingerprint density at radius 1 is 1.22 bits per heavy atom. The number of imide groups is 1. The van der Waals surface area contributed by atoms with Gasteiger partial charge in [0.15, 0.2) is 0 Å². The van der Waals surface area contributed by atoms with Gasteiger partial charge in [-0.1, -0.05) is 25.5 Å². The third kappa shape index (κ3) is 2.81. The van der Waals surface area contributed by atoms with E-state index in [0.717, 1.165) is 16.2 Å². The summed E-state index contributed by atoms with van der Waals surface area (Å²) in [6.07, 6.45) is 1.11. The smallest absolute Gasteiger partial charge is 0.326 e. The van der Waals surface area contributed by atoms with Crippen molar-refractivity contribution >= 4 is 23.5 Å². The number of esters is 1. The van der Waals surface area contributed by atoms with E-state index in [0.29, 0.717) is 12.8 Å². The van der Waals surface area contributed by atoms with Gasteiger partial charge in [-0.2, -0.15) is 0 Å². The molecule has 2 heterocycles. The Kier molecular flexibility index (Phi) is 4.99. The second kappa shape index (κ2) is 6.96. The third-order valence-electron chi connectivity index (χ3n) is 5.84. The number of methoxy groups -OCH3 is 1. The fraction of sp³-hybridized carbons (Fsp3) is 0.550. The largest absolute Gasteiger partial charge is 0.468 e. The molecule has 0 unspecified atom stereocenters. The zero-order chi connectivity index (χ0) is 19.9. The van der Waals surface area contributed by atoms with Crippen LogP contribution >= 0.6 is 0 Å². The predicted molar refractivity (Wildman–Crippen MR) is 101 cm³/mol. The Morgan fingerprint density at radius 3 is 2.37 bits per heavy atom. The van der Waals surface area contributed by atoms with E-state index in [1.165, 1.54) is 14.2 Å². The topological polar surface area (TPSA) is 79.0 Å². The molecule has 7 nitrogen and oxygen atoms in total. The van der Waals surface area contributed by atoms with Gasteiger partial charge < -0.3 is 9.64 Å². The Balaban J connectivity index is 2.09. The van der Waals surface area contributed by atoms with Gasteiger partial charge in [-0.05, 0) is 24.1 Å². The van der Waals surface area contributed by atoms with Gasteiger partial charge >= 0.3 is 5.97 Å². The number of hydrogen-bond donors (Lipinski definition) is 1. The van der Waals surface area contributed by atoms with E-state index in [-0.39, 0.29) is 11.8 Å². The van der Waals surface area contributed by atoms with Gasteiger partial charge in [0, 0.05) is 32.9 Å². The van der Waals surface area contributed by atoms with Crippen molar-refractivity contribution in [3.05, 3.63) is 29.8 Å². The fourth-order valence-corrected chi connectivity index (χ4v) is 4.51. The molecule has 2 fully saturated rings. The summed E-state index contributed by atoms with van der Waals surface area (Å²) in [5.41, 5.74) is 0.734. The van der Waals surface area contributed by atoms with Crippen LogP contribution in [0, 0.1) is 11.8 Å². The molecule has 7 heteroatoms. The van der Waals surface area contributed by atoms with Crippen LogP contribution in [0.3, 0.4) is 0 Å². The number of nitrogens with zero attached hydrogens (tertiary/aromatic N) is 2. The van der Waals surface area contributed by atoms with Gasteiger partial charge in [-0.15, -0.1) is 0 Å². The normalized spacial score (nSPS) is 29.8. The average molecular weight is 373 g/mol. The molecule has 2 amide bonds. The zero-order valence-corrected chi connectivity index (χ0v) is 16.5. The molecule has 1 aromatic carbocycles. The SMILES string of the molecule is CCC[C@]1(C(=O)OC)N[C@H](c2ccc(N(C)C)cc2)[C@@H]2C(=O)N(C)C(=O)[C@@H]21. The predicted octanol–water partition coefficient (Wildman–Crippen LogP) is 1.34. The van der Waals surface area contributed by atoms with Crippen LogP contribution in [-0.2, 0) is 19.1 Å². The van der Waals surface area contributed by atoms with Gasteiger partial charge in [-0.3, -0.25) is 24.6 Å². The number of rotatable bonds is 5. The summed E-state index contributed by atoms with van der Waals surface area (Å²) in [4.78, 5) is 41.7. The van der Waals surface area contributed by atoms with Crippen LogP contribution in [0.1, 0.15) is 31.4 Å². The molecule has 0 saturated carbocycles. The molecule has 0 spiro atoms. The van der Waals surface area contributed by atoms with Crippen LogP contribution < -0.4 is 10.2 Å². The summed E-state index contributed by atoms with van der Waals surface area (Å²) in [5, 5.41) is 3.35. The van der Waals surface area contributed by atoms with E-state index in [1.54, 1.807) is 0 Å². The highest BCUT2D eigenvalue weighted by Gasteiger charge is 2.67. The van der Waals surface area contributed by atoms with E-state index in [1.807, 2.05) is 50.2 Å². The monoisotopic (exact) mass is 373 g/mol. The van der Waals surface area contributed by atoms with Crippen molar-refractivity contribution in [2.45, 2.75) is 31.3 Å². The highest BCUT2D eigenvalue weighted by molar-refractivity contribution is 6.09. The first-order chi connectivity index (χ1) is 12.8. The highest BCUT2D eigenvalue weighted by atomic mass is 16.5. The lowest BCUT2D eigenvalue weighted by molar-refractivity contribution is -0.154. The lowest BCUT2D eigenvalue weighted by Gasteiger charge is -2.31. The fourth-order valence-electron chi connectivity index (χ4n) is 4.51. The van der Waals surface area contributed by atoms with Crippen molar-refractivity contribution < 1.29 is 19.1 Å². The summed E-state index contributed by atoms with van der Waals surface area (Å²) < 4.78 is 5.06. The number of carbonyl (C=O) groups excluding carboxylic acids is 3. The molecule has 1 aromatic rings. The number of nitrogens with one attached hydrogen (secondary N) is 1. The number of anilines is 1. The summed E-state index contributed by atoms with van der Waals surface area (Å²) >= 11 is 0. The molecule has 0 bridgehead atoms. The Bertz CT molecular complexity index is 761. The van der Waals surface area contributed by atoms with Crippen molar-refractivity contribution in [3.63, 3.8) is 0 Å². The van der Waals surface area contributed by atoms with E-state index >= 15 is 0 Å². The van der Waals surface area contributed by atoms with Crippen LogP contribution in [0.4, 0.5) is 5.69 Å². The third-order valence-corrected chi connectivity index (χ3v) is 5.84. The van der Waals surface area contributed by atoms with Crippen molar-refractivity contribution in [1.29, 1.82) is 0 Å². The maximum Gasteiger partial charge on any atom is 0.326 e. The van der Waals surface area contributed by atoms with Crippen LogP contribution in [0.5, 0.6) is 0 Å². The number of carbonyl (C=O) groups is 3. The summed E-state index contributed by atoms with van der Waals surface area (Å²) in [6.45, 7) is 1.95. The Morgan fingerprint density at radius 2 is 1.85 bits per heavy atom. The number of likely N-dealkylation sites (tertiary alicyclic amines) is 1. The average Bonchev–Trinajstić information content (AvgIpc) is 3.12. The maximum absolute atomic E-state index is 12.9. The van der Waals surface area contributed by atoms with E-state index in [4.69, 9.17) is 4.74 Å². The second-order valence-corrected chi connectivity index (χ2v) is 7.56. The van der Waals surface area contributed by atoms with Crippen LogP contribution in [0.15, 0.2) is 24.3 Å². The molecule has 3 rings (SSSR count). The first-order valence-corrected chi connectivity index (χ1v) is 9.23.